The lowest BCUT2D eigenvalue weighted by atomic mass is 10.1. The van der Waals surface area contributed by atoms with Gasteiger partial charge in [-0.3, -0.25) is 0 Å². The molecule has 0 aromatic carbocycles. The molecule has 1 heterocycles. The van der Waals surface area contributed by atoms with Crippen LogP contribution in [-0.2, 0) is 23.7 Å². The fourth-order valence-corrected chi connectivity index (χ4v) is 3.56. The molecule has 0 fully saturated rings. The third-order valence-corrected chi connectivity index (χ3v) is 5.67. The predicted molar refractivity (Wildman–Crippen MR) is 102 cm³/mol. The van der Waals surface area contributed by atoms with Crippen LogP contribution in [0.3, 0.4) is 0 Å². The van der Waals surface area contributed by atoms with E-state index in [1.165, 1.54) is 79.9 Å². The average molecular weight is 428 g/mol. The topological polar surface area (TPSA) is 52.2 Å². The van der Waals surface area contributed by atoms with Crippen LogP contribution < -0.4 is 8.75 Å². The Balaban J connectivity index is 2.23. The van der Waals surface area contributed by atoms with E-state index >= 15 is 0 Å². The monoisotopic (exact) mass is 427 g/mol. The maximum atomic E-state index is 12.5. The summed E-state index contributed by atoms with van der Waals surface area (Å²) in [4.78, 5) is 0. The zero-order valence-electron chi connectivity index (χ0n) is 17.0. The molecule has 1 rings (SSSR count). The lowest BCUT2D eigenvalue weighted by Gasteiger charge is -2.08. The summed E-state index contributed by atoms with van der Waals surface area (Å²) in [5, 5.41) is 0. The van der Waals surface area contributed by atoms with Crippen LogP contribution in [-0.4, -0.2) is 18.5 Å². The van der Waals surface area contributed by atoms with E-state index in [9.17, 15) is 21.6 Å². The summed E-state index contributed by atoms with van der Waals surface area (Å²) in [5.41, 5.74) is -5.44. The maximum Gasteiger partial charge on any atom is 0.534 e. The smallest absolute Gasteiger partial charge is 0.302 e. The summed E-state index contributed by atoms with van der Waals surface area (Å²) in [7, 11) is -4.22. The Hall–Kier alpha value is -1.25. The van der Waals surface area contributed by atoms with Crippen molar-refractivity contribution in [3.05, 3.63) is 12.4 Å². The van der Waals surface area contributed by atoms with Crippen LogP contribution in [0, 0.1) is 0 Å². The van der Waals surface area contributed by atoms with Gasteiger partial charge in [0.05, 0.1) is 13.6 Å². The molecule has 0 unspecified atom stereocenters. The number of aryl methyl sites for hydroxylation is 2. The van der Waals surface area contributed by atoms with Gasteiger partial charge in [0.25, 0.3) is 0 Å². The summed E-state index contributed by atoms with van der Waals surface area (Å²) in [6, 6.07) is -0.333. The van der Waals surface area contributed by atoms with Crippen LogP contribution in [0.25, 0.3) is 0 Å². The Kier molecular flexibility index (Phi) is 10.9. The van der Waals surface area contributed by atoms with Crippen LogP contribution in [0.1, 0.15) is 84.0 Å². The van der Waals surface area contributed by atoms with E-state index in [0.717, 1.165) is 25.7 Å². The second-order valence-electron chi connectivity index (χ2n) is 7.26. The first-order valence-electron chi connectivity index (χ1n) is 10.2. The minimum atomic E-state index is -5.66. The largest absolute Gasteiger partial charge is 0.534 e. The number of rotatable bonds is 15. The number of halogens is 3. The van der Waals surface area contributed by atoms with Gasteiger partial charge in [-0.1, -0.05) is 71.1 Å². The Labute approximate surface area is 167 Å². The van der Waals surface area contributed by atoms with Crippen molar-refractivity contribution in [3.8, 4) is 6.01 Å². The van der Waals surface area contributed by atoms with E-state index in [-0.39, 0.29) is 6.01 Å². The lowest BCUT2D eigenvalue weighted by molar-refractivity contribution is -0.674. The third kappa shape index (κ3) is 8.84. The van der Waals surface area contributed by atoms with Gasteiger partial charge in [-0.25, -0.2) is 0 Å². The number of imidazole rings is 1. The lowest BCUT2D eigenvalue weighted by Crippen LogP contribution is -2.36. The highest BCUT2D eigenvalue weighted by molar-refractivity contribution is 7.87. The Morgan fingerprint density at radius 3 is 1.86 bits per heavy atom. The third-order valence-electron chi connectivity index (χ3n) is 4.74. The first kappa shape index (κ1) is 24.8. The first-order chi connectivity index (χ1) is 13.2. The van der Waals surface area contributed by atoms with Crippen molar-refractivity contribution in [3.63, 3.8) is 0 Å². The fourth-order valence-electron chi connectivity index (χ4n) is 3.06. The average Bonchev–Trinajstić information content (AvgIpc) is 2.94. The number of hydrogen-bond acceptors (Lipinski definition) is 3. The Morgan fingerprint density at radius 2 is 1.39 bits per heavy atom. The molecule has 28 heavy (non-hydrogen) atoms. The molecule has 0 bridgehead atoms. The molecule has 0 saturated heterocycles. The normalized spacial score (nSPS) is 12.5. The van der Waals surface area contributed by atoms with Crippen LogP contribution >= 0.6 is 0 Å². The van der Waals surface area contributed by atoms with E-state index in [1.54, 1.807) is 0 Å². The van der Waals surface area contributed by atoms with E-state index in [0.29, 0.717) is 6.54 Å². The molecule has 0 aliphatic heterocycles. The minimum absolute atomic E-state index is 0.333. The highest BCUT2D eigenvalue weighted by Crippen LogP contribution is 2.25. The van der Waals surface area contributed by atoms with Gasteiger partial charge in [-0.15, -0.1) is 0 Å². The van der Waals surface area contributed by atoms with Gasteiger partial charge in [0, 0.05) is 0 Å². The van der Waals surface area contributed by atoms with E-state index < -0.39 is 15.6 Å². The standard InChI is InChI=1S/C19H34F3N2O3S/c1-3-4-5-6-7-8-9-10-11-12-13-14-15-24-17-16-23(2)18(24)27-28(25,26)19(20,21)22/h16-17H,3-15H2,1-2H3/q+1. The molecule has 0 saturated carbocycles. The summed E-state index contributed by atoms with van der Waals surface area (Å²) in [6.45, 7) is 2.63. The fraction of sp³-hybridized carbons (Fsp3) is 0.842. The molecule has 0 spiro atoms. The molecule has 0 radical (unpaired) electrons. The molecule has 0 atom stereocenters. The number of aromatic nitrogens is 2. The first-order valence-corrected chi connectivity index (χ1v) is 11.7. The molecule has 0 amide bonds. The molecular formula is C19H34F3N2O3S+. The summed E-state index contributed by atoms with van der Waals surface area (Å²) < 4.78 is 66.9. The van der Waals surface area contributed by atoms with Gasteiger partial charge in [-0.2, -0.15) is 30.7 Å². The second-order valence-corrected chi connectivity index (χ2v) is 8.80. The molecule has 0 aliphatic rings. The summed E-state index contributed by atoms with van der Waals surface area (Å²) >= 11 is 0. The van der Waals surface area contributed by atoms with Crippen molar-refractivity contribution in [2.45, 2.75) is 96.0 Å². The Bertz CT molecular complexity index is 658. The van der Waals surface area contributed by atoms with Gasteiger partial charge in [0.1, 0.15) is 12.4 Å². The van der Waals surface area contributed by atoms with Crippen molar-refractivity contribution >= 4 is 10.1 Å². The molecule has 0 aliphatic carbocycles. The molecule has 5 nitrogen and oxygen atoms in total. The second kappa shape index (κ2) is 12.3. The van der Waals surface area contributed by atoms with Gasteiger partial charge in [-0.05, 0) is 12.8 Å². The van der Waals surface area contributed by atoms with E-state index in [2.05, 4.69) is 11.1 Å². The molecular weight excluding hydrogens is 393 g/mol. The van der Waals surface area contributed by atoms with Crippen LogP contribution in [0.2, 0.25) is 0 Å². The van der Waals surface area contributed by atoms with E-state index in [1.807, 2.05) is 0 Å². The molecule has 9 heteroatoms. The van der Waals surface area contributed by atoms with Crippen LogP contribution in [0.5, 0.6) is 6.01 Å². The quantitative estimate of drug-likeness (QED) is 0.166. The van der Waals surface area contributed by atoms with Crippen molar-refractivity contribution in [2.24, 2.45) is 7.05 Å². The maximum absolute atomic E-state index is 12.5. The van der Waals surface area contributed by atoms with Crippen LogP contribution in [0.15, 0.2) is 12.4 Å². The number of nitrogens with zero attached hydrogens (tertiary/aromatic N) is 2. The van der Waals surface area contributed by atoms with E-state index in [4.69, 9.17) is 0 Å². The van der Waals surface area contributed by atoms with Crippen molar-refractivity contribution in [1.29, 1.82) is 0 Å². The number of hydrogen-bond donors (Lipinski definition) is 0. The zero-order valence-corrected chi connectivity index (χ0v) is 17.8. The minimum Gasteiger partial charge on any atom is -0.302 e. The molecule has 1 aromatic heterocycles. The number of unbranched alkanes of at least 4 members (excludes halogenated alkanes) is 11. The highest BCUT2D eigenvalue weighted by atomic mass is 32.2. The van der Waals surface area contributed by atoms with Crippen molar-refractivity contribution < 1.29 is 30.3 Å². The molecule has 1 aromatic rings. The molecule has 164 valence electrons. The summed E-state index contributed by atoms with van der Waals surface area (Å²) in [6.07, 6.45) is 17.3. The summed E-state index contributed by atoms with van der Waals surface area (Å²) in [5.74, 6) is 0. The predicted octanol–water partition coefficient (Wildman–Crippen LogP) is 5.24. The van der Waals surface area contributed by atoms with Crippen molar-refractivity contribution in [2.75, 3.05) is 0 Å². The highest BCUT2D eigenvalue weighted by Gasteiger charge is 2.50. The van der Waals surface area contributed by atoms with Gasteiger partial charge < -0.3 is 4.18 Å². The van der Waals surface area contributed by atoms with Gasteiger partial charge >= 0.3 is 21.6 Å². The van der Waals surface area contributed by atoms with Gasteiger partial charge in [0.15, 0.2) is 0 Å². The van der Waals surface area contributed by atoms with Gasteiger partial charge in [0.2, 0.25) is 0 Å². The van der Waals surface area contributed by atoms with Crippen LogP contribution in [0.4, 0.5) is 13.2 Å². The molecule has 0 N–H and O–H groups in total. The number of alkyl halides is 3. The van der Waals surface area contributed by atoms with Crippen molar-refractivity contribution in [1.82, 2.24) is 4.57 Å². The SMILES string of the molecule is CCCCCCCCCCCCCCn1cc[n+](C)c1OS(=O)(=O)C(F)(F)F. The zero-order chi connectivity index (χ0) is 21.0. The Morgan fingerprint density at radius 1 is 0.929 bits per heavy atom.